The lowest BCUT2D eigenvalue weighted by molar-refractivity contribution is 0.242. The minimum absolute atomic E-state index is 0.143. The molecule has 5 nitrogen and oxygen atoms in total. The van der Waals surface area contributed by atoms with Crippen LogP contribution in [-0.2, 0) is 13.0 Å². The monoisotopic (exact) mass is 492 g/mol. The number of rotatable bonds is 9. The van der Waals surface area contributed by atoms with Gasteiger partial charge in [-0.3, -0.25) is 4.98 Å². The van der Waals surface area contributed by atoms with E-state index in [-0.39, 0.29) is 6.10 Å². The zero-order chi connectivity index (χ0) is 25.8. The number of benzene rings is 3. The summed E-state index contributed by atoms with van der Waals surface area (Å²) in [6.07, 6.45) is 2.85. The first-order valence-electron chi connectivity index (χ1n) is 12.7. The number of fused-ring (bicyclic) bond motifs is 1. The van der Waals surface area contributed by atoms with E-state index in [9.17, 15) is 0 Å². The van der Waals surface area contributed by atoms with Crippen LogP contribution in [0.4, 0.5) is 0 Å². The molecule has 0 spiro atoms. The largest absolute Gasteiger partial charge is 0.491 e. The molecule has 0 bridgehead atoms. The second-order valence-corrected chi connectivity index (χ2v) is 9.28. The molecule has 5 heteroatoms. The van der Waals surface area contributed by atoms with Crippen molar-refractivity contribution < 1.29 is 14.2 Å². The fourth-order valence-corrected chi connectivity index (χ4v) is 4.59. The fraction of sp³-hybridized carbons (Fsp3) is 0.219. The molecule has 3 aromatic carbocycles. The van der Waals surface area contributed by atoms with Gasteiger partial charge in [0.1, 0.15) is 29.6 Å². The highest BCUT2D eigenvalue weighted by Crippen LogP contribution is 2.34. The number of nitrogens with zero attached hydrogens (tertiary/aromatic N) is 2. The summed E-state index contributed by atoms with van der Waals surface area (Å²) in [6.45, 7) is 8.86. The normalized spacial score (nSPS) is 11.2. The molecule has 0 amide bonds. The summed E-state index contributed by atoms with van der Waals surface area (Å²) in [6, 6.07) is 28.1. The number of hydrogen-bond acceptors (Lipinski definition) is 4. The van der Waals surface area contributed by atoms with Crippen LogP contribution in [0, 0.1) is 6.92 Å². The lowest BCUT2D eigenvalue weighted by Gasteiger charge is -2.12. The lowest BCUT2D eigenvalue weighted by Crippen LogP contribution is -2.05. The van der Waals surface area contributed by atoms with Gasteiger partial charge in [-0.1, -0.05) is 13.0 Å². The second-order valence-electron chi connectivity index (χ2n) is 9.28. The molecule has 37 heavy (non-hydrogen) atoms. The van der Waals surface area contributed by atoms with Crippen molar-refractivity contribution in [1.82, 2.24) is 9.55 Å². The summed E-state index contributed by atoms with van der Waals surface area (Å²) in [5.41, 5.74) is 5.72. The van der Waals surface area contributed by atoms with E-state index in [1.807, 2.05) is 74.5 Å². The molecule has 0 aliphatic heterocycles. The highest BCUT2D eigenvalue weighted by molar-refractivity contribution is 5.88. The minimum Gasteiger partial charge on any atom is -0.491 e. The molecule has 0 aliphatic carbocycles. The first-order valence-corrected chi connectivity index (χ1v) is 12.7. The number of aromatic nitrogens is 2. The van der Waals surface area contributed by atoms with Crippen LogP contribution < -0.4 is 14.2 Å². The quantitative estimate of drug-likeness (QED) is 0.209. The topological polar surface area (TPSA) is 45.5 Å². The lowest BCUT2D eigenvalue weighted by atomic mass is 10.1. The zero-order valence-corrected chi connectivity index (χ0v) is 21.8. The van der Waals surface area contributed by atoms with Crippen LogP contribution >= 0.6 is 0 Å². The van der Waals surface area contributed by atoms with Gasteiger partial charge < -0.3 is 18.8 Å². The first-order chi connectivity index (χ1) is 18.0. The Kier molecular flexibility index (Phi) is 7.13. The van der Waals surface area contributed by atoms with Crippen molar-refractivity contribution >= 4 is 10.9 Å². The van der Waals surface area contributed by atoms with Crippen molar-refractivity contribution in [3.8, 4) is 28.7 Å². The molecular formula is C32H32N2O3. The Morgan fingerprint density at radius 1 is 0.811 bits per heavy atom. The number of pyridine rings is 1. The first kappa shape index (κ1) is 24.4. The highest BCUT2D eigenvalue weighted by Gasteiger charge is 2.15. The molecule has 0 aliphatic rings. The van der Waals surface area contributed by atoms with Gasteiger partial charge in [-0.15, -0.1) is 0 Å². The van der Waals surface area contributed by atoms with Crippen molar-refractivity contribution in [2.75, 3.05) is 0 Å². The molecule has 188 valence electrons. The van der Waals surface area contributed by atoms with Gasteiger partial charge in [0.2, 0.25) is 0 Å². The smallest absolute Gasteiger partial charge is 0.130 e. The van der Waals surface area contributed by atoms with Gasteiger partial charge >= 0.3 is 0 Å². The van der Waals surface area contributed by atoms with Crippen molar-refractivity contribution in [1.29, 1.82) is 0 Å². The molecule has 0 radical (unpaired) electrons. The maximum absolute atomic E-state index is 6.18. The molecular weight excluding hydrogens is 460 g/mol. The Bertz CT molecular complexity index is 1470. The van der Waals surface area contributed by atoms with E-state index in [1.54, 1.807) is 6.20 Å². The number of aryl methyl sites for hydroxylation is 1. The van der Waals surface area contributed by atoms with Crippen LogP contribution in [0.25, 0.3) is 16.6 Å². The maximum Gasteiger partial charge on any atom is 0.130 e. The van der Waals surface area contributed by atoms with E-state index < -0.39 is 0 Å². The van der Waals surface area contributed by atoms with E-state index in [0.717, 1.165) is 46.3 Å². The SMILES string of the molecule is CCc1c(C)c2cc(Oc3ccc(OC(C)C)cc3)ccc2n1-c1ccc(OCc2ccccn2)cc1. The van der Waals surface area contributed by atoms with Gasteiger partial charge in [0.15, 0.2) is 0 Å². The standard InChI is InChI=1S/C32H32N2O3/c1-5-31-23(4)30-20-29(37-28-15-13-27(14-16-28)36-22(2)3)17-18-32(30)34(31)25-9-11-26(12-10-25)35-21-24-8-6-7-19-33-24/h6-20,22H,5,21H2,1-4H3. The summed E-state index contributed by atoms with van der Waals surface area (Å²) in [7, 11) is 0. The molecule has 0 saturated heterocycles. The third kappa shape index (κ3) is 5.46. The van der Waals surface area contributed by atoms with Crippen LogP contribution in [0.5, 0.6) is 23.0 Å². The van der Waals surface area contributed by atoms with Gasteiger partial charge in [-0.25, -0.2) is 0 Å². The van der Waals surface area contributed by atoms with E-state index in [1.165, 1.54) is 16.6 Å². The average molecular weight is 493 g/mol. The van der Waals surface area contributed by atoms with Crippen molar-refractivity contribution in [2.45, 2.75) is 46.8 Å². The summed E-state index contributed by atoms with van der Waals surface area (Å²) in [5, 5.41) is 1.18. The molecule has 0 saturated carbocycles. The Balaban J connectivity index is 1.38. The zero-order valence-electron chi connectivity index (χ0n) is 21.8. The highest BCUT2D eigenvalue weighted by atomic mass is 16.5. The van der Waals surface area contributed by atoms with E-state index in [4.69, 9.17) is 14.2 Å². The van der Waals surface area contributed by atoms with Crippen LogP contribution in [-0.4, -0.2) is 15.7 Å². The predicted octanol–water partition coefficient (Wildman–Crippen LogP) is 8.05. The van der Waals surface area contributed by atoms with Crippen LogP contribution in [0.15, 0.2) is 91.1 Å². The summed E-state index contributed by atoms with van der Waals surface area (Å²) in [5.74, 6) is 3.25. The molecule has 0 atom stereocenters. The Hall–Kier alpha value is -4.25. The maximum atomic E-state index is 6.18. The summed E-state index contributed by atoms with van der Waals surface area (Å²) < 4.78 is 20.2. The molecule has 5 aromatic rings. The van der Waals surface area contributed by atoms with Gasteiger partial charge in [0.25, 0.3) is 0 Å². The van der Waals surface area contributed by atoms with Gasteiger partial charge in [0, 0.05) is 23.0 Å². The number of ether oxygens (including phenoxy) is 3. The number of hydrogen-bond donors (Lipinski definition) is 0. The molecule has 5 rings (SSSR count). The van der Waals surface area contributed by atoms with Gasteiger partial charge in [0.05, 0.1) is 17.3 Å². The molecule has 0 N–H and O–H groups in total. The summed E-state index contributed by atoms with van der Waals surface area (Å²) >= 11 is 0. The van der Waals surface area contributed by atoms with E-state index in [0.29, 0.717) is 6.61 Å². The van der Waals surface area contributed by atoms with E-state index >= 15 is 0 Å². The van der Waals surface area contributed by atoms with Crippen molar-refractivity contribution in [2.24, 2.45) is 0 Å². The van der Waals surface area contributed by atoms with Crippen LogP contribution in [0.1, 0.15) is 37.7 Å². The van der Waals surface area contributed by atoms with Crippen molar-refractivity contribution in [3.05, 3.63) is 108 Å². The summed E-state index contributed by atoms with van der Waals surface area (Å²) in [4.78, 5) is 4.32. The molecule has 0 unspecified atom stereocenters. The third-order valence-corrected chi connectivity index (χ3v) is 6.29. The van der Waals surface area contributed by atoms with E-state index in [2.05, 4.69) is 47.7 Å². The Morgan fingerprint density at radius 3 is 2.19 bits per heavy atom. The Labute approximate surface area is 218 Å². The molecule has 2 aromatic heterocycles. The van der Waals surface area contributed by atoms with Crippen LogP contribution in [0.2, 0.25) is 0 Å². The second kappa shape index (κ2) is 10.8. The molecule has 2 heterocycles. The third-order valence-electron chi connectivity index (χ3n) is 6.29. The Morgan fingerprint density at radius 2 is 1.51 bits per heavy atom. The van der Waals surface area contributed by atoms with Gasteiger partial charge in [-0.05, 0) is 112 Å². The van der Waals surface area contributed by atoms with Crippen molar-refractivity contribution in [3.63, 3.8) is 0 Å². The molecule has 0 fully saturated rings. The predicted molar refractivity (Wildman–Crippen MR) is 148 cm³/mol. The average Bonchev–Trinajstić information content (AvgIpc) is 3.20. The fourth-order valence-electron chi connectivity index (χ4n) is 4.59. The van der Waals surface area contributed by atoms with Gasteiger partial charge in [-0.2, -0.15) is 0 Å². The minimum atomic E-state index is 0.143. The van der Waals surface area contributed by atoms with Crippen LogP contribution in [0.3, 0.4) is 0 Å².